The molecule has 0 heterocycles. The van der Waals surface area contributed by atoms with Crippen molar-refractivity contribution in [1.29, 1.82) is 32.5 Å². The molecule has 6 N–H and O–H groups in total. The molecular weight excluding hydrogens is 1630 g/mol. The molecule has 6 aromatic rings. The molecule has 0 fully saturated rings. The first kappa shape index (κ1) is 126. The molecule has 0 aliphatic rings. The third kappa shape index (κ3) is 62.9. The van der Waals surface area contributed by atoms with E-state index in [2.05, 4.69) is 0 Å². The first-order chi connectivity index (χ1) is 41.7. The van der Waals surface area contributed by atoms with Gasteiger partial charge in [-0.05, 0) is 69.8 Å². The SMILES string of the molecule is COc1cccc(C=N)c1[O-].COc1cccc(C=N)c1[O-].COc1cccc(C=N)c1[O-].COc1cccc(C=N)c1[O-].COc1cccc(C=N)c1[O-].COc1cccc(C=N)c1[O-].C[O-].C[O-].C[O-].C[O-].C[O-].C[O-].[Ni+2].[Ni+2].[Ni+2].[Ni+2].[Ni+2].[Ni+2].[Ni+2].[O-][Cl+3]([O-])([O-])[O-].[O-][Cl+3]([O-])([O-])[O-]. The predicted octanol–water partition coefficient (Wildman–Crippen LogP) is -11.1. The second-order valence-corrected chi connectivity index (χ2v) is 14.4. The molecule has 0 aromatic heterocycles. The van der Waals surface area contributed by atoms with Crippen LogP contribution in [0.4, 0.5) is 0 Å². The summed E-state index contributed by atoms with van der Waals surface area (Å²) in [6, 6.07) is 29.0. The molecule has 0 atom stereocenters. The first-order valence-electron chi connectivity index (χ1n) is 22.5. The minimum Gasteiger partial charge on any atom is -0.870 e. The number of rotatable bonds is 12. The molecule has 0 aliphatic carbocycles. The summed E-state index contributed by atoms with van der Waals surface area (Å²) in [5.74, 6) is 0.311. The maximum atomic E-state index is 11.2. The van der Waals surface area contributed by atoms with Gasteiger partial charge in [-0.15, -0.1) is 20.5 Å². The zero-order valence-corrected chi connectivity index (χ0v) is 59.9. The third-order valence-corrected chi connectivity index (χ3v) is 8.31. The topological polar surface area (TPSA) is 660 Å². The Labute approximate surface area is 624 Å². The van der Waals surface area contributed by atoms with Crippen LogP contribution in [0, 0.1) is 52.9 Å². The normalized spacial score (nSPS) is 8.02. The Balaban J connectivity index is -0.0000000578. The largest absolute Gasteiger partial charge is 2.00 e. The van der Waals surface area contributed by atoms with Crippen molar-refractivity contribution in [3.8, 4) is 69.0 Å². The quantitative estimate of drug-likeness (QED) is 0.0489. The molecule has 0 radical (unpaired) electrons. The van der Waals surface area contributed by atoms with E-state index in [1.54, 1.807) is 109 Å². The molecular formula is C54H66Cl2N6Ni7O26. The molecule has 0 unspecified atom stereocenters. The number of benzene rings is 6. The van der Waals surface area contributed by atoms with Crippen LogP contribution in [0.1, 0.15) is 33.4 Å². The van der Waals surface area contributed by atoms with Gasteiger partial charge in [0.1, 0.15) is 34.5 Å². The van der Waals surface area contributed by atoms with Crippen LogP contribution >= 0.6 is 0 Å². The number of nitrogens with one attached hydrogen (secondary N) is 6. The van der Waals surface area contributed by atoms with Gasteiger partial charge in [-0.3, -0.25) is 0 Å². The predicted molar refractivity (Wildman–Crippen MR) is 277 cm³/mol. The number of hydrogen-bond acceptors (Lipinski definition) is 32. The number of halogens is 2. The van der Waals surface area contributed by atoms with Gasteiger partial charge in [0.25, 0.3) is 0 Å². The Morgan fingerprint density at radius 2 is 0.316 bits per heavy atom. The van der Waals surface area contributed by atoms with Crippen LogP contribution in [0.15, 0.2) is 109 Å². The van der Waals surface area contributed by atoms with E-state index in [0.717, 1.165) is 79.9 Å². The molecule has 0 amide bonds. The number of ether oxygens (including phenoxy) is 6. The van der Waals surface area contributed by atoms with Gasteiger partial charge in [0.2, 0.25) is 0 Å². The van der Waals surface area contributed by atoms with Gasteiger partial charge >= 0.3 is 115 Å². The van der Waals surface area contributed by atoms with Crippen LogP contribution < -0.4 is 127 Å². The van der Waals surface area contributed by atoms with Crippen molar-refractivity contribution in [3.63, 3.8) is 0 Å². The maximum Gasteiger partial charge on any atom is 2.00 e. The van der Waals surface area contributed by atoms with Crippen molar-refractivity contribution in [1.82, 2.24) is 0 Å². The van der Waals surface area contributed by atoms with Crippen LogP contribution in [0.2, 0.25) is 0 Å². The van der Waals surface area contributed by atoms with Gasteiger partial charge in [0, 0.05) is 37.3 Å². The van der Waals surface area contributed by atoms with Crippen LogP contribution in [0.25, 0.3) is 0 Å². The Morgan fingerprint density at radius 3 is 0.379 bits per heavy atom. The van der Waals surface area contributed by atoms with E-state index in [4.69, 9.17) is 129 Å². The minimum atomic E-state index is -4.94. The monoisotopic (exact) mass is 1690 g/mol. The number of methoxy groups -OCH3 is 6. The molecule has 0 saturated carbocycles. The van der Waals surface area contributed by atoms with Crippen LogP contribution in [-0.2, 0) is 115 Å². The van der Waals surface area contributed by atoms with E-state index in [-0.39, 0.29) is 184 Å². The summed E-state index contributed by atoms with van der Waals surface area (Å²) in [4.78, 5) is 0. The van der Waals surface area contributed by atoms with Gasteiger partial charge in [-0.1, -0.05) is 107 Å². The van der Waals surface area contributed by atoms with Crippen LogP contribution in [0.3, 0.4) is 0 Å². The Bertz CT molecular complexity index is 2320. The Kier molecular flexibility index (Phi) is 110. The molecule has 0 spiro atoms. The standard InChI is InChI=1S/6C8H9NO2.6CH3O.2ClHO4.7Ni/c6*1-11-7-4-2-3-6(5-9)8(7)10;6*1-2;2*2-1(3,4)5;;;;;;;/h6*2-5,9-10H,1H3;6*1H3;2*(H,2,3,4,5);;;;;;;/q;;;;;;6*-1;;;7*+2/p-8. The fraction of sp³-hybridized carbons (Fsp3) is 0.222. The summed E-state index contributed by atoms with van der Waals surface area (Å²) in [5.41, 5.74) is 2.11. The fourth-order valence-electron chi connectivity index (χ4n) is 4.84. The summed E-state index contributed by atoms with van der Waals surface area (Å²) in [6.45, 7) is 0. The van der Waals surface area contributed by atoms with E-state index in [0.29, 0.717) is 33.4 Å². The molecule has 0 aliphatic heterocycles. The second-order valence-electron chi connectivity index (χ2n) is 12.9. The molecule has 95 heavy (non-hydrogen) atoms. The Hall–Kier alpha value is -5.59. The average Bonchev–Trinajstić information content (AvgIpc) is 1.96. The first-order valence-corrected chi connectivity index (χ1v) is 25.0. The van der Waals surface area contributed by atoms with Crippen molar-refractivity contribution in [2.45, 2.75) is 0 Å². The maximum absolute atomic E-state index is 11.2. The van der Waals surface area contributed by atoms with E-state index in [1.165, 1.54) is 42.7 Å². The van der Waals surface area contributed by atoms with Gasteiger partial charge in [0.15, 0.2) is 0 Å². The molecule has 552 valence electrons. The Morgan fingerprint density at radius 1 is 0.232 bits per heavy atom. The van der Waals surface area contributed by atoms with E-state index in [1.807, 2.05) is 0 Å². The van der Waals surface area contributed by atoms with E-state index < -0.39 is 20.5 Å². The smallest absolute Gasteiger partial charge is 0.870 e. The van der Waals surface area contributed by atoms with Crippen LogP contribution in [0.5, 0.6) is 69.0 Å². The second kappa shape index (κ2) is 82.6. The van der Waals surface area contributed by atoms with Crippen molar-refractivity contribution >= 4 is 37.3 Å². The van der Waals surface area contributed by atoms with E-state index in [9.17, 15) is 30.6 Å². The summed E-state index contributed by atoms with van der Waals surface area (Å²) in [5, 5.41) is 158. The van der Waals surface area contributed by atoms with Crippen molar-refractivity contribution < 1.29 is 263 Å². The van der Waals surface area contributed by atoms with Crippen LogP contribution in [-0.4, -0.2) is 123 Å². The molecule has 6 rings (SSSR count). The van der Waals surface area contributed by atoms with Gasteiger partial charge in [-0.2, -0.15) is 42.7 Å². The van der Waals surface area contributed by atoms with Gasteiger partial charge in [0.05, 0.1) is 42.7 Å². The van der Waals surface area contributed by atoms with Crippen molar-refractivity contribution in [3.05, 3.63) is 143 Å². The van der Waals surface area contributed by atoms with Crippen molar-refractivity contribution in [2.75, 3.05) is 85.3 Å². The molecule has 0 bridgehead atoms. The zero-order valence-electron chi connectivity index (χ0n) is 51.4. The van der Waals surface area contributed by atoms with Gasteiger partial charge in [-0.25, -0.2) is 37.3 Å². The summed E-state index contributed by atoms with van der Waals surface area (Å²) >= 11 is 0. The molecule has 6 aromatic carbocycles. The third-order valence-electron chi connectivity index (χ3n) is 8.31. The number of hydrogen-bond donors (Lipinski definition) is 6. The summed E-state index contributed by atoms with van der Waals surface area (Å²) in [6.07, 6.45) is 6.11. The molecule has 0 saturated heterocycles. The number of para-hydroxylation sites is 6. The summed E-state index contributed by atoms with van der Waals surface area (Å²) < 4.78 is 96.6. The minimum absolute atomic E-state index is 0. The average molecular weight is 1700 g/mol. The zero-order chi connectivity index (χ0) is 70.6. The van der Waals surface area contributed by atoms with Crippen molar-refractivity contribution in [2.24, 2.45) is 0 Å². The molecule has 41 heteroatoms. The van der Waals surface area contributed by atoms with Gasteiger partial charge < -0.3 is 122 Å². The summed E-state index contributed by atoms with van der Waals surface area (Å²) in [7, 11) is 3.22. The van der Waals surface area contributed by atoms with E-state index >= 15 is 0 Å². The fourth-order valence-corrected chi connectivity index (χ4v) is 4.84. The molecule has 32 nitrogen and oxygen atoms in total.